The summed E-state index contributed by atoms with van der Waals surface area (Å²) >= 11 is 6.26. The van der Waals surface area contributed by atoms with Gasteiger partial charge in [-0.25, -0.2) is 4.39 Å². The van der Waals surface area contributed by atoms with Crippen LogP contribution in [0.15, 0.2) is 54.6 Å². The fraction of sp³-hybridized carbons (Fsp3) is 0.240. The third-order valence-electron chi connectivity index (χ3n) is 6.07. The quantitative estimate of drug-likeness (QED) is 0.391. The van der Waals surface area contributed by atoms with Gasteiger partial charge in [-0.05, 0) is 61.5 Å². The lowest BCUT2D eigenvalue weighted by molar-refractivity contribution is -0.384. The SMILES string of the molecule is Cc1c(F)ccc(C(=O)Nc2cc(-c3ccc([N+](=O)[O-])cc3)ccc2N2CCN(C)CC2)c1Cl. The van der Waals surface area contributed by atoms with E-state index in [2.05, 4.69) is 22.2 Å². The van der Waals surface area contributed by atoms with Crippen molar-refractivity contribution < 1.29 is 14.1 Å². The molecule has 0 saturated carbocycles. The number of amides is 1. The van der Waals surface area contributed by atoms with E-state index in [0.29, 0.717) is 5.69 Å². The van der Waals surface area contributed by atoms with E-state index >= 15 is 0 Å². The molecule has 1 fully saturated rings. The molecular formula is C25H24ClFN4O3. The van der Waals surface area contributed by atoms with Gasteiger partial charge in [0, 0.05) is 43.9 Å². The highest BCUT2D eigenvalue weighted by Crippen LogP contribution is 2.34. The molecule has 0 unspecified atom stereocenters. The van der Waals surface area contributed by atoms with E-state index in [1.54, 1.807) is 12.1 Å². The van der Waals surface area contributed by atoms with Crippen molar-refractivity contribution >= 4 is 34.6 Å². The molecule has 0 atom stereocenters. The largest absolute Gasteiger partial charge is 0.367 e. The fourth-order valence-electron chi connectivity index (χ4n) is 3.94. The molecule has 7 nitrogen and oxygen atoms in total. The number of hydrogen-bond donors (Lipinski definition) is 1. The number of carbonyl (C=O) groups is 1. The van der Waals surface area contributed by atoms with Crippen molar-refractivity contribution in [1.29, 1.82) is 0 Å². The molecule has 1 saturated heterocycles. The minimum Gasteiger partial charge on any atom is -0.367 e. The number of non-ortho nitro benzene ring substituents is 1. The molecule has 1 amide bonds. The van der Waals surface area contributed by atoms with Gasteiger partial charge in [-0.3, -0.25) is 14.9 Å². The number of likely N-dealkylation sites (N-methyl/N-ethyl adjacent to an activating group) is 1. The number of nitrogens with one attached hydrogen (secondary N) is 1. The molecule has 176 valence electrons. The third-order valence-corrected chi connectivity index (χ3v) is 6.55. The maximum atomic E-state index is 13.8. The number of nitro benzene ring substituents is 1. The van der Waals surface area contributed by atoms with E-state index < -0.39 is 16.6 Å². The second kappa shape index (κ2) is 9.79. The summed E-state index contributed by atoms with van der Waals surface area (Å²) < 4.78 is 13.8. The summed E-state index contributed by atoms with van der Waals surface area (Å²) in [5.41, 5.74) is 3.43. The first kappa shape index (κ1) is 23.7. The van der Waals surface area contributed by atoms with Crippen LogP contribution in [0.4, 0.5) is 21.5 Å². The first-order valence-corrected chi connectivity index (χ1v) is 11.2. The van der Waals surface area contributed by atoms with Crippen molar-refractivity contribution in [3.05, 3.63) is 86.7 Å². The first-order valence-electron chi connectivity index (χ1n) is 10.8. The molecule has 0 radical (unpaired) electrons. The summed E-state index contributed by atoms with van der Waals surface area (Å²) in [6.07, 6.45) is 0. The normalized spacial score (nSPS) is 14.2. The zero-order chi connectivity index (χ0) is 24.4. The lowest BCUT2D eigenvalue weighted by Gasteiger charge is -2.35. The Morgan fingerprint density at radius 1 is 1.03 bits per heavy atom. The van der Waals surface area contributed by atoms with E-state index in [4.69, 9.17) is 11.6 Å². The van der Waals surface area contributed by atoms with E-state index in [1.165, 1.54) is 31.2 Å². The van der Waals surface area contributed by atoms with Crippen LogP contribution in [0, 0.1) is 22.9 Å². The predicted molar refractivity (Wildman–Crippen MR) is 132 cm³/mol. The lowest BCUT2D eigenvalue weighted by Crippen LogP contribution is -2.44. The van der Waals surface area contributed by atoms with E-state index in [9.17, 15) is 19.3 Å². The molecule has 0 spiro atoms. The van der Waals surface area contributed by atoms with E-state index in [-0.39, 0.29) is 21.8 Å². The summed E-state index contributed by atoms with van der Waals surface area (Å²) in [5, 5.41) is 14.0. The van der Waals surface area contributed by atoms with Crippen molar-refractivity contribution in [1.82, 2.24) is 4.90 Å². The highest BCUT2D eigenvalue weighted by Gasteiger charge is 2.21. The highest BCUT2D eigenvalue weighted by atomic mass is 35.5. The molecule has 34 heavy (non-hydrogen) atoms. The fourth-order valence-corrected chi connectivity index (χ4v) is 4.18. The van der Waals surface area contributed by atoms with Gasteiger partial charge in [-0.1, -0.05) is 17.7 Å². The Morgan fingerprint density at radius 2 is 1.68 bits per heavy atom. The standard InChI is InChI=1S/C25H24ClFN4O3/c1-16-21(27)9-8-20(24(16)26)25(32)28-22-15-18(17-3-6-19(7-4-17)31(33)34)5-10-23(22)30-13-11-29(2)12-14-30/h3-10,15H,11-14H2,1-2H3,(H,28,32). The van der Waals surface area contributed by atoms with Crippen LogP contribution in [0.25, 0.3) is 11.1 Å². The molecule has 3 aromatic rings. The molecule has 4 rings (SSSR count). The summed E-state index contributed by atoms with van der Waals surface area (Å²) in [7, 11) is 2.07. The minimum atomic E-state index is -0.472. The van der Waals surface area contributed by atoms with Gasteiger partial charge in [-0.2, -0.15) is 0 Å². The lowest BCUT2D eigenvalue weighted by atomic mass is 10.0. The van der Waals surface area contributed by atoms with E-state index in [0.717, 1.165) is 43.0 Å². The smallest absolute Gasteiger partial charge is 0.269 e. The number of piperazine rings is 1. The Morgan fingerprint density at radius 3 is 2.32 bits per heavy atom. The number of nitrogens with zero attached hydrogens (tertiary/aromatic N) is 3. The second-order valence-electron chi connectivity index (χ2n) is 8.31. The molecule has 1 aliphatic rings. The number of nitro groups is 1. The van der Waals surface area contributed by atoms with Crippen molar-refractivity contribution in [2.75, 3.05) is 43.4 Å². The summed E-state index contributed by atoms with van der Waals surface area (Å²) in [6.45, 7) is 4.90. The zero-order valence-electron chi connectivity index (χ0n) is 18.8. The number of halogens is 2. The van der Waals surface area contributed by atoms with Crippen LogP contribution < -0.4 is 10.2 Å². The molecule has 0 aliphatic carbocycles. The Kier molecular flexibility index (Phi) is 6.81. The topological polar surface area (TPSA) is 78.7 Å². The molecule has 0 aromatic heterocycles. The molecule has 1 aliphatic heterocycles. The van der Waals surface area contributed by atoms with Gasteiger partial charge in [0.1, 0.15) is 5.82 Å². The van der Waals surface area contributed by atoms with Crippen molar-refractivity contribution in [2.45, 2.75) is 6.92 Å². The predicted octanol–water partition coefficient (Wildman–Crippen LogP) is 5.37. The van der Waals surface area contributed by atoms with Crippen LogP contribution in [0.1, 0.15) is 15.9 Å². The number of hydrogen-bond acceptors (Lipinski definition) is 5. The first-order chi connectivity index (χ1) is 16.2. The van der Waals surface area contributed by atoms with Gasteiger partial charge in [0.15, 0.2) is 0 Å². The van der Waals surface area contributed by atoms with Crippen LogP contribution in [0.5, 0.6) is 0 Å². The highest BCUT2D eigenvalue weighted by molar-refractivity contribution is 6.35. The molecule has 0 bridgehead atoms. The number of rotatable bonds is 5. The van der Waals surface area contributed by atoms with Crippen LogP contribution in [0.3, 0.4) is 0 Å². The molecule has 1 heterocycles. The Labute approximate surface area is 201 Å². The van der Waals surface area contributed by atoms with Gasteiger partial charge in [0.05, 0.1) is 26.9 Å². The molecular weight excluding hydrogens is 459 g/mol. The molecule has 9 heteroatoms. The molecule has 1 N–H and O–H groups in total. The summed E-state index contributed by atoms with van der Waals surface area (Å²) in [5.74, 6) is -0.913. The van der Waals surface area contributed by atoms with Gasteiger partial charge in [-0.15, -0.1) is 0 Å². The summed E-state index contributed by atoms with van der Waals surface area (Å²) in [4.78, 5) is 28.1. The number of benzene rings is 3. The maximum Gasteiger partial charge on any atom is 0.269 e. The minimum absolute atomic E-state index is 0.00709. The van der Waals surface area contributed by atoms with Gasteiger partial charge in [0.25, 0.3) is 11.6 Å². The molecule has 3 aromatic carbocycles. The Balaban J connectivity index is 1.71. The third kappa shape index (κ3) is 4.88. The maximum absolute atomic E-state index is 13.8. The van der Waals surface area contributed by atoms with E-state index in [1.807, 2.05) is 18.2 Å². The number of anilines is 2. The van der Waals surface area contributed by atoms with Gasteiger partial charge >= 0.3 is 0 Å². The van der Waals surface area contributed by atoms with Gasteiger partial charge in [0.2, 0.25) is 0 Å². The summed E-state index contributed by atoms with van der Waals surface area (Å²) in [6, 6.07) is 14.6. The van der Waals surface area contributed by atoms with Crippen molar-refractivity contribution in [3.63, 3.8) is 0 Å². The van der Waals surface area contributed by atoms with Crippen molar-refractivity contribution in [3.8, 4) is 11.1 Å². The Hall–Kier alpha value is -3.49. The van der Waals surface area contributed by atoms with Gasteiger partial charge < -0.3 is 15.1 Å². The zero-order valence-corrected chi connectivity index (χ0v) is 19.6. The average Bonchev–Trinajstić information content (AvgIpc) is 2.83. The van der Waals surface area contributed by atoms with Crippen LogP contribution >= 0.6 is 11.6 Å². The Bertz CT molecular complexity index is 1240. The second-order valence-corrected chi connectivity index (χ2v) is 8.69. The van der Waals surface area contributed by atoms with Crippen LogP contribution in [0.2, 0.25) is 5.02 Å². The monoisotopic (exact) mass is 482 g/mol. The van der Waals surface area contributed by atoms with Crippen LogP contribution in [-0.4, -0.2) is 49.0 Å². The van der Waals surface area contributed by atoms with Crippen molar-refractivity contribution in [2.24, 2.45) is 0 Å². The number of carbonyl (C=O) groups excluding carboxylic acids is 1. The average molecular weight is 483 g/mol. The van der Waals surface area contributed by atoms with Crippen LogP contribution in [-0.2, 0) is 0 Å².